The maximum Gasteiger partial charge on any atom is 0.410 e. The molecule has 0 spiro atoms. The van der Waals surface area contributed by atoms with Crippen LogP contribution in [0.2, 0.25) is 0 Å². The summed E-state index contributed by atoms with van der Waals surface area (Å²) in [6.07, 6.45) is 1.20. The average Bonchev–Trinajstić information content (AvgIpc) is 3.07. The summed E-state index contributed by atoms with van der Waals surface area (Å²) in [7, 11) is -2.96. The number of nitrogens with zero attached hydrogens (tertiary/aromatic N) is 2. The van der Waals surface area contributed by atoms with Crippen LogP contribution in [0.4, 0.5) is 4.79 Å². The molecule has 0 aromatic heterocycles. The fourth-order valence-corrected chi connectivity index (χ4v) is 4.73. The summed E-state index contributed by atoms with van der Waals surface area (Å²) >= 11 is 0. The van der Waals surface area contributed by atoms with E-state index in [0.717, 1.165) is 5.56 Å². The number of hydrogen-bond donors (Lipinski definition) is 2. The number of fused-ring (bicyclic) bond motifs is 1. The minimum Gasteiger partial charge on any atom is -0.445 e. The third-order valence-electron chi connectivity index (χ3n) is 5.07. The molecule has 0 aliphatic carbocycles. The summed E-state index contributed by atoms with van der Waals surface area (Å²) < 4.78 is 25.5. The summed E-state index contributed by atoms with van der Waals surface area (Å²) in [6.45, 7) is 1.78. The zero-order chi connectivity index (χ0) is 20.4. The predicted octanol–water partition coefficient (Wildman–Crippen LogP) is 3.88. The first-order chi connectivity index (χ1) is 14.0. The van der Waals surface area contributed by atoms with Gasteiger partial charge in [0.2, 0.25) is 0 Å². The van der Waals surface area contributed by atoms with E-state index in [0.29, 0.717) is 42.2 Å². The van der Waals surface area contributed by atoms with E-state index < -0.39 is 16.7 Å². The summed E-state index contributed by atoms with van der Waals surface area (Å²) in [5.74, 6) is -0.180. The van der Waals surface area contributed by atoms with E-state index in [4.69, 9.17) is 4.74 Å². The molecule has 2 heterocycles. The Morgan fingerprint density at radius 2 is 1.62 bits per heavy atom. The summed E-state index contributed by atoms with van der Waals surface area (Å²) in [6, 6.07) is 14.4. The van der Waals surface area contributed by atoms with Crippen molar-refractivity contribution in [2.45, 2.75) is 11.5 Å². The van der Waals surface area contributed by atoms with Gasteiger partial charge in [-0.05, 0) is 23.8 Å². The molecule has 8 heteroatoms. The van der Waals surface area contributed by atoms with Crippen LogP contribution < -0.4 is 0 Å². The molecule has 1 saturated heterocycles. The second kappa shape index (κ2) is 7.90. The van der Waals surface area contributed by atoms with Crippen molar-refractivity contribution in [2.24, 2.45) is 0 Å². The summed E-state index contributed by atoms with van der Waals surface area (Å²) in [4.78, 5) is 28.9. The smallest absolute Gasteiger partial charge is 0.410 e. The number of amides is 2. The minimum absolute atomic E-state index is 0.180. The topological polar surface area (TPSA) is 90.3 Å². The van der Waals surface area contributed by atoms with E-state index in [1.807, 2.05) is 30.3 Å². The molecule has 4 rings (SSSR count). The number of ether oxygens (including phenoxy) is 1. The van der Waals surface area contributed by atoms with E-state index in [1.165, 1.54) is 5.41 Å². The fraction of sp³-hybridized carbons (Fsp3) is 0.238. The van der Waals surface area contributed by atoms with Crippen LogP contribution in [-0.4, -0.2) is 57.1 Å². The third kappa shape index (κ3) is 4.00. The van der Waals surface area contributed by atoms with Crippen molar-refractivity contribution in [3.8, 4) is 0 Å². The Kier molecular flexibility index (Phi) is 5.31. The van der Waals surface area contributed by atoms with Crippen LogP contribution in [0.15, 0.2) is 58.8 Å². The van der Waals surface area contributed by atoms with Crippen molar-refractivity contribution >= 4 is 28.7 Å². The molecule has 0 unspecified atom stereocenters. The lowest BCUT2D eigenvalue weighted by Crippen LogP contribution is -2.50. The Bertz CT molecular complexity index is 953. The maximum absolute atomic E-state index is 13.0. The first-order valence-corrected chi connectivity index (χ1v) is 10.9. The molecular weight excluding hydrogens is 392 g/mol. The molecular formula is C21H22N2O5S. The van der Waals surface area contributed by atoms with E-state index in [9.17, 15) is 18.7 Å². The number of rotatable bonds is 3. The van der Waals surface area contributed by atoms with Crippen LogP contribution in [0.3, 0.4) is 0 Å². The average molecular weight is 414 g/mol. The van der Waals surface area contributed by atoms with Gasteiger partial charge in [-0.3, -0.25) is 13.9 Å². The van der Waals surface area contributed by atoms with Crippen LogP contribution in [-0.2, 0) is 11.3 Å². The van der Waals surface area contributed by atoms with Crippen molar-refractivity contribution in [1.29, 1.82) is 0 Å². The van der Waals surface area contributed by atoms with Gasteiger partial charge in [0.15, 0.2) is 0 Å². The van der Waals surface area contributed by atoms with Crippen LogP contribution >= 0.6 is 10.6 Å². The minimum atomic E-state index is -2.96. The highest BCUT2D eigenvalue weighted by Crippen LogP contribution is 2.56. The van der Waals surface area contributed by atoms with Gasteiger partial charge >= 0.3 is 6.09 Å². The largest absolute Gasteiger partial charge is 0.445 e. The highest BCUT2D eigenvalue weighted by molar-refractivity contribution is 8.27. The van der Waals surface area contributed by atoms with Gasteiger partial charge in [-0.2, -0.15) is 0 Å². The molecule has 2 N–H and O–H groups in total. The molecule has 29 heavy (non-hydrogen) atoms. The number of benzene rings is 2. The molecule has 2 aromatic rings. The molecule has 2 amide bonds. The summed E-state index contributed by atoms with van der Waals surface area (Å²) in [5.41, 5.74) is 1.92. The van der Waals surface area contributed by atoms with E-state index in [-0.39, 0.29) is 12.5 Å². The highest BCUT2D eigenvalue weighted by atomic mass is 32.3. The van der Waals surface area contributed by atoms with Gasteiger partial charge in [-0.15, -0.1) is 10.6 Å². The molecule has 7 nitrogen and oxygen atoms in total. The quantitative estimate of drug-likeness (QED) is 0.796. The Labute approximate surface area is 170 Å². The monoisotopic (exact) mass is 414 g/mol. The van der Waals surface area contributed by atoms with Gasteiger partial charge in [0, 0.05) is 42.7 Å². The van der Waals surface area contributed by atoms with Gasteiger partial charge in [-0.1, -0.05) is 36.4 Å². The van der Waals surface area contributed by atoms with Gasteiger partial charge < -0.3 is 14.5 Å². The molecule has 2 aliphatic rings. The van der Waals surface area contributed by atoms with Crippen LogP contribution in [0.1, 0.15) is 21.5 Å². The predicted molar refractivity (Wildman–Crippen MR) is 111 cm³/mol. The van der Waals surface area contributed by atoms with Crippen LogP contribution in [0, 0.1) is 0 Å². The van der Waals surface area contributed by atoms with Crippen LogP contribution in [0.25, 0.3) is 6.08 Å². The number of carbonyl (C=O) groups is 2. The van der Waals surface area contributed by atoms with E-state index in [1.54, 1.807) is 34.1 Å². The lowest BCUT2D eigenvalue weighted by Gasteiger charge is -2.34. The van der Waals surface area contributed by atoms with Crippen molar-refractivity contribution in [1.82, 2.24) is 9.80 Å². The highest BCUT2D eigenvalue weighted by Gasteiger charge is 2.30. The van der Waals surface area contributed by atoms with E-state index >= 15 is 0 Å². The molecule has 0 saturated carbocycles. The number of carbonyl (C=O) groups excluding carboxylic acids is 2. The maximum atomic E-state index is 13.0. The van der Waals surface area contributed by atoms with Crippen molar-refractivity contribution in [3.05, 3.63) is 70.6 Å². The Hall–Kier alpha value is -2.81. The van der Waals surface area contributed by atoms with Crippen molar-refractivity contribution in [2.75, 3.05) is 26.2 Å². The first-order valence-electron chi connectivity index (χ1n) is 9.30. The fourth-order valence-electron chi connectivity index (χ4n) is 3.47. The van der Waals surface area contributed by atoms with Gasteiger partial charge in [-0.25, -0.2) is 4.79 Å². The molecule has 0 bridgehead atoms. The lowest BCUT2D eigenvalue weighted by molar-refractivity contribution is 0.0543. The first kappa shape index (κ1) is 19.5. The van der Waals surface area contributed by atoms with Crippen LogP contribution in [0.5, 0.6) is 0 Å². The van der Waals surface area contributed by atoms with Crippen molar-refractivity contribution in [3.63, 3.8) is 0 Å². The SMILES string of the molecule is O=C(OCc1ccccc1)N1CCN(C(=O)c2cccc3c2C=CS3(O)O)CC1. The Balaban J connectivity index is 1.35. The molecule has 0 atom stereocenters. The number of hydrogen-bond acceptors (Lipinski definition) is 5. The molecule has 152 valence electrons. The summed E-state index contributed by atoms with van der Waals surface area (Å²) in [5, 5.41) is 1.34. The standard InChI is InChI=1S/C21H22N2O5S/c24-20(18-7-4-8-19-17(18)9-14-29(19,26)27)22-10-12-23(13-11-22)21(25)28-15-16-5-2-1-3-6-16/h1-9,14,26-27H,10-13,15H2. The lowest BCUT2D eigenvalue weighted by atomic mass is 10.1. The van der Waals surface area contributed by atoms with Gasteiger partial charge in [0.25, 0.3) is 5.91 Å². The number of piperazine rings is 1. The third-order valence-corrected chi connectivity index (χ3v) is 6.59. The normalized spacial score (nSPS) is 18.3. The van der Waals surface area contributed by atoms with Gasteiger partial charge in [0.1, 0.15) is 6.61 Å². The molecule has 2 aromatic carbocycles. The van der Waals surface area contributed by atoms with E-state index in [2.05, 4.69) is 0 Å². The molecule has 1 fully saturated rings. The Morgan fingerprint density at radius 3 is 2.34 bits per heavy atom. The van der Waals surface area contributed by atoms with Gasteiger partial charge in [0.05, 0.1) is 4.90 Å². The Morgan fingerprint density at radius 1 is 0.931 bits per heavy atom. The second-order valence-electron chi connectivity index (χ2n) is 6.93. The van der Waals surface area contributed by atoms with Crippen molar-refractivity contribution < 1.29 is 23.4 Å². The molecule has 2 aliphatic heterocycles. The zero-order valence-corrected chi connectivity index (χ0v) is 16.5. The second-order valence-corrected chi connectivity index (χ2v) is 8.83. The zero-order valence-electron chi connectivity index (χ0n) is 15.7. The molecule has 0 radical (unpaired) electrons.